The number of rotatable bonds is 5. The van der Waals surface area contributed by atoms with Crippen LogP contribution >= 0.6 is 0 Å². The molecule has 3 N–H and O–H groups in total. The molecule has 1 saturated carbocycles. The monoisotopic (exact) mass is 307 g/mol. The molecule has 2 rings (SSSR count). The van der Waals surface area contributed by atoms with E-state index >= 15 is 0 Å². The van der Waals surface area contributed by atoms with Gasteiger partial charge in [0.15, 0.2) is 0 Å². The summed E-state index contributed by atoms with van der Waals surface area (Å²) in [7, 11) is 1.75. The Kier molecular flexibility index (Phi) is 5.46. The number of amides is 3. The molecule has 0 radical (unpaired) electrons. The number of hydrogen-bond acceptors (Lipinski definition) is 3. The summed E-state index contributed by atoms with van der Waals surface area (Å²) >= 11 is 0. The van der Waals surface area contributed by atoms with E-state index in [1.165, 1.54) is 0 Å². The van der Waals surface area contributed by atoms with Crippen molar-refractivity contribution in [3.05, 3.63) is 23.7 Å². The first-order valence-electron chi connectivity index (χ1n) is 7.79. The zero-order valence-corrected chi connectivity index (χ0v) is 13.3. The fraction of sp³-hybridized carbons (Fsp3) is 0.625. The third-order valence-corrected chi connectivity index (χ3v) is 4.33. The molecule has 0 saturated heterocycles. The van der Waals surface area contributed by atoms with Gasteiger partial charge in [-0.15, -0.1) is 0 Å². The van der Waals surface area contributed by atoms with Crippen LogP contribution in [-0.4, -0.2) is 30.4 Å². The van der Waals surface area contributed by atoms with E-state index in [9.17, 15) is 9.59 Å². The maximum Gasteiger partial charge on any atom is 0.317 e. The number of nitrogens with zero attached hydrogens (tertiary/aromatic N) is 1. The molecule has 1 aromatic rings. The first kappa shape index (κ1) is 16.4. The molecule has 1 fully saturated rings. The second kappa shape index (κ2) is 7.33. The van der Waals surface area contributed by atoms with Gasteiger partial charge in [0.2, 0.25) is 5.91 Å². The Bertz CT molecular complexity index is 518. The molecular weight excluding hydrogens is 282 g/mol. The maximum absolute atomic E-state index is 12.1. The molecule has 0 aliphatic heterocycles. The predicted octanol–water partition coefficient (Wildman–Crippen LogP) is 2.02. The Morgan fingerprint density at radius 2 is 2.00 bits per heavy atom. The number of nitrogens with one attached hydrogen (secondary N) is 1. The number of carbonyl (C=O) groups is 2. The summed E-state index contributed by atoms with van der Waals surface area (Å²) in [6.45, 7) is 2.98. The van der Waals surface area contributed by atoms with Crippen molar-refractivity contribution in [1.82, 2.24) is 10.2 Å². The van der Waals surface area contributed by atoms with E-state index in [-0.39, 0.29) is 17.9 Å². The van der Waals surface area contributed by atoms with E-state index in [1.54, 1.807) is 11.9 Å². The molecule has 0 spiro atoms. The predicted molar refractivity (Wildman–Crippen MR) is 83.0 cm³/mol. The molecule has 22 heavy (non-hydrogen) atoms. The van der Waals surface area contributed by atoms with Gasteiger partial charge in [0.05, 0.1) is 6.54 Å². The van der Waals surface area contributed by atoms with Gasteiger partial charge in [0, 0.05) is 19.5 Å². The number of primary amides is 1. The summed E-state index contributed by atoms with van der Waals surface area (Å²) in [6, 6.07) is 3.66. The smallest absolute Gasteiger partial charge is 0.317 e. The molecule has 1 aromatic heterocycles. The van der Waals surface area contributed by atoms with Crippen molar-refractivity contribution in [3.8, 4) is 0 Å². The normalized spacial score (nSPS) is 21.4. The summed E-state index contributed by atoms with van der Waals surface area (Å²) in [4.78, 5) is 24.8. The average molecular weight is 307 g/mol. The zero-order valence-electron chi connectivity index (χ0n) is 13.3. The van der Waals surface area contributed by atoms with Crippen LogP contribution < -0.4 is 11.1 Å². The van der Waals surface area contributed by atoms with Crippen molar-refractivity contribution in [3.63, 3.8) is 0 Å². The summed E-state index contributed by atoms with van der Waals surface area (Å²) in [5.41, 5.74) is 5.33. The van der Waals surface area contributed by atoms with Crippen LogP contribution in [0.25, 0.3) is 0 Å². The second-order valence-electron chi connectivity index (χ2n) is 6.17. The standard InChI is InChI=1S/C16H25N3O3/c1-11-3-8-14(22-11)10-19(2)16(21)18-9-12-4-6-13(7-5-12)15(17)20/h3,8,12-13H,4-7,9-10H2,1-2H3,(H2,17,20)(H,18,21). The van der Waals surface area contributed by atoms with Crippen molar-refractivity contribution >= 4 is 11.9 Å². The summed E-state index contributed by atoms with van der Waals surface area (Å²) < 4.78 is 5.47. The highest BCUT2D eigenvalue weighted by atomic mass is 16.3. The quantitative estimate of drug-likeness (QED) is 0.872. The highest BCUT2D eigenvalue weighted by molar-refractivity contribution is 5.76. The van der Waals surface area contributed by atoms with Gasteiger partial charge in [-0.1, -0.05) is 0 Å². The highest BCUT2D eigenvalue weighted by Gasteiger charge is 2.25. The van der Waals surface area contributed by atoms with Crippen LogP contribution in [0.1, 0.15) is 37.2 Å². The van der Waals surface area contributed by atoms with Gasteiger partial charge < -0.3 is 20.4 Å². The van der Waals surface area contributed by atoms with Gasteiger partial charge >= 0.3 is 6.03 Å². The number of urea groups is 1. The molecular formula is C16H25N3O3. The lowest BCUT2D eigenvalue weighted by atomic mass is 9.82. The van der Waals surface area contributed by atoms with Crippen LogP contribution in [0.4, 0.5) is 4.79 Å². The fourth-order valence-corrected chi connectivity index (χ4v) is 2.89. The molecule has 0 unspecified atom stereocenters. The minimum atomic E-state index is -0.198. The molecule has 1 aliphatic rings. The van der Waals surface area contributed by atoms with Gasteiger partial charge in [0.25, 0.3) is 0 Å². The molecule has 3 amide bonds. The Morgan fingerprint density at radius 3 is 2.55 bits per heavy atom. The highest BCUT2D eigenvalue weighted by Crippen LogP contribution is 2.28. The second-order valence-corrected chi connectivity index (χ2v) is 6.17. The van der Waals surface area contributed by atoms with E-state index in [0.29, 0.717) is 19.0 Å². The third kappa shape index (κ3) is 4.51. The SMILES string of the molecule is Cc1ccc(CN(C)C(=O)NCC2CCC(C(N)=O)CC2)o1. The number of nitrogens with two attached hydrogens (primary N) is 1. The van der Waals surface area contributed by atoms with Gasteiger partial charge in [-0.2, -0.15) is 0 Å². The number of hydrogen-bond donors (Lipinski definition) is 2. The van der Waals surface area contributed by atoms with Crippen LogP contribution in [0, 0.1) is 18.8 Å². The number of aryl methyl sites for hydroxylation is 1. The molecule has 6 heteroatoms. The molecule has 0 atom stereocenters. The lowest BCUT2D eigenvalue weighted by Crippen LogP contribution is -2.40. The molecule has 1 aliphatic carbocycles. The third-order valence-electron chi connectivity index (χ3n) is 4.33. The number of carbonyl (C=O) groups excluding carboxylic acids is 2. The van der Waals surface area contributed by atoms with E-state index in [0.717, 1.165) is 37.2 Å². The van der Waals surface area contributed by atoms with E-state index in [1.807, 2.05) is 19.1 Å². The minimum absolute atomic E-state index is 0.0109. The summed E-state index contributed by atoms with van der Waals surface area (Å²) in [5.74, 6) is 1.86. The lowest BCUT2D eigenvalue weighted by Gasteiger charge is -2.27. The van der Waals surface area contributed by atoms with Crippen molar-refractivity contribution in [1.29, 1.82) is 0 Å². The Hall–Kier alpha value is -1.98. The first-order valence-corrected chi connectivity index (χ1v) is 7.79. The van der Waals surface area contributed by atoms with E-state index in [4.69, 9.17) is 10.2 Å². The van der Waals surface area contributed by atoms with Crippen LogP contribution in [0.2, 0.25) is 0 Å². The van der Waals surface area contributed by atoms with Crippen LogP contribution in [0.3, 0.4) is 0 Å². The Balaban J connectivity index is 1.70. The van der Waals surface area contributed by atoms with Crippen molar-refractivity contribution in [2.24, 2.45) is 17.6 Å². The van der Waals surface area contributed by atoms with Crippen molar-refractivity contribution in [2.45, 2.75) is 39.2 Å². The van der Waals surface area contributed by atoms with Gasteiger partial charge in [-0.3, -0.25) is 4.79 Å². The molecule has 6 nitrogen and oxygen atoms in total. The average Bonchev–Trinajstić information content (AvgIpc) is 2.90. The van der Waals surface area contributed by atoms with Gasteiger partial charge in [0.1, 0.15) is 11.5 Å². The summed E-state index contributed by atoms with van der Waals surface area (Å²) in [6.07, 6.45) is 3.54. The Labute approximate surface area is 131 Å². The van der Waals surface area contributed by atoms with Crippen molar-refractivity contribution in [2.75, 3.05) is 13.6 Å². The van der Waals surface area contributed by atoms with Gasteiger partial charge in [-0.25, -0.2) is 4.79 Å². The largest absolute Gasteiger partial charge is 0.464 e. The molecule has 1 heterocycles. The molecule has 0 bridgehead atoms. The maximum atomic E-state index is 12.1. The van der Waals surface area contributed by atoms with E-state index in [2.05, 4.69) is 5.32 Å². The number of furan rings is 1. The molecule has 122 valence electrons. The lowest BCUT2D eigenvalue weighted by molar-refractivity contribution is -0.122. The topological polar surface area (TPSA) is 88.6 Å². The van der Waals surface area contributed by atoms with Crippen LogP contribution in [-0.2, 0) is 11.3 Å². The summed E-state index contributed by atoms with van der Waals surface area (Å²) in [5, 5.41) is 2.95. The minimum Gasteiger partial charge on any atom is -0.464 e. The Morgan fingerprint density at radius 1 is 1.32 bits per heavy atom. The fourth-order valence-electron chi connectivity index (χ4n) is 2.89. The molecule has 0 aromatic carbocycles. The van der Waals surface area contributed by atoms with Crippen molar-refractivity contribution < 1.29 is 14.0 Å². The first-order chi connectivity index (χ1) is 10.5. The van der Waals surface area contributed by atoms with E-state index < -0.39 is 0 Å². The van der Waals surface area contributed by atoms with Gasteiger partial charge in [-0.05, 0) is 50.7 Å². The van der Waals surface area contributed by atoms with Crippen LogP contribution in [0.15, 0.2) is 16.5 Å². The zero-order chi connectivity index (χ0) is 16.1. The van der Waals surface area contributed by atoms with Crippen LogP contribution in [0.5, 0.6) is 0 Å².